The van der Waals surface area contributed by atoms with E-state index in [0.717, 1.165) is 36.2 Å². The molecular formula is C22H23N3O3. The average molecular weight is 377 g/mol. The van der Waals surface area contributed by atoms with Crippen LogP contribution in [0, 0.1) is 6.92 Å². The largest absolute Gasteiger partial charge is 0.493 e. The molecule has 0 fully saturated rings. The summed E-state index contributed by atoms with van der Waals surface area (Å²) < 4.78 is 12.3. The second-order valence-electron chi connectivity index (χ2n) is 6.85. The van der Waals surface area contributed by atoms with Crippen molar-refractivity contribution in [2.24, 2.45) is 0 Å². The molecule has 6 nitrogen and oxygen atoms in total. The minimum atomic E-state index is -0.107. The van der Waals surface area contributed by atoms with Gasteiger partial charge >= 0.3 is 0 Å². The summed E-state index contributed by atoms with van der Waals surface area (Å²) in [6.07, 6.45) is 5.11. The number of methoxy groups -OCH3 is 2. The SMILES string of the molecule is COc1ccc(-c2cc(=O)n3cc(C4=CCCNC4)cc(C)c3n2)cc1OC. The highest BCUT2D eigenvalue weighted by atomic mass is 16.5. The van der Waals surface area contributed by atoms with E-state index in [9.17, 15) is 4.79 Å². The Kier molecular flexibility index (Phi) is 4.88. The Bertz CT molecular complexity index is 1130. The molecule has 0 amide bonds. The maximum absolute atomic E-state index is 12.9. The number of benzene rings is 1. The summed E-state index contributed by atoms with van der Waals surface area (Å²) >= 11 is 0. The molecule has 28 heavy (non-hydrogen) atoms. The third-order valence-corrected chi connectivity index (χ3v) is 5.02. The lowest BCUT2D eigenvalue weighted by atomic mass is 10.0. The van der Waals surface area contributed by atoms with E-state index in [-0.39, 0.29) is 5.56 Å². The highest BCUT2D eigenvalue weighted by Gasteiger charge is 2.13. The third-order valence-electron chi connectivity index (χ3n) is 5.02. The third kappa shape index (κ3) is 3.27. The lowest BCUT2D eigenvalue weighted by Crippen LogP contribution is -2.22. The predicted molar refractivity (Wildman–Crippen MR) is 110 cm³/mol. The lowest BCUT2D eigenvalue weighted by molar-refractivity contribution is 0.355. The molecule has 144 valence electrons. The van der Waals surface area contributed by atoms with Crippen LogP contribution in [0.3, 0.4) is 0 Å². The Morgan fingerprint density at radius 3 is 2.61 bits per heavy atom. The zero-order valence-corrected chi connectivity index (χ0v) is 16.3. The Labute approximate surface area is 163 Å². The second kappa shape index (κ2) is 7.48. The van der Waals surface area contributed by atoms with Crippen molar-refractivity contribution in [2.75, 3.05) is 27.3 Å². The van der Waals surface area contributed by atoms with Crippen LogP contribution in [0.1, 0.15) is 17.5 Å². The fraction of sp³-hybridized carbons (Fsp3) is 0.273. The van der Waals surface area contributed by atoms with Gasteiger partial charge in [0.15, 0.2) is 11.5 Å². The molecule has 0 saturated heterocycles. The molecule has 6 heteroatoms. The summed E-state index contributed by atoms with van der Waals surface area (Å²) in [5.74, 6) is 1.24. The Hall–Kier alpha value is -3.12. The number of nitrogens with one attached hydrogen (secondary N) is 1. The monoisotopic (exact) mass is 377 g/mol. The van der Waals surface area contributed by atoms with E-state index in [0.29, 0.717) is 22.8 Å². The van der Waals surface area contributed by atoms with Gasteiger partial charge < -0.3 is 14.8 Å². The quantitative estimate of drug-likeness (QED) is 0.757. The smallest absolute Gasteiger partial charge is 0.258 e. The van der Waals surface area contributed by atoms with E-state index < -0.39 is 0 Å². The van der Waals surface area contributed by atoms with E-state index >= 15 is 0 Å². The van der Waals surface area contributed by atoms with Crippen molar-refractivity contribution in [1.82, 2.24) is 14.7 Å². The Morgan fingerprint density at radius 1 is 1.07 bits per heavy atom. The minimum absolute atomic E-state index is 0.107. The van der Waals surface area contributed by atoms with Crippen LogP contribution in [0.15, 0.2) is 47.4 Å². The van der Waals surface area contributed by atoms with Crippen molar-refractivity contribution in [1.29, 1.82) is 0 Å². The zero-order valence-electron chi connectivity index (χ0n) is 16.3. The summed E-state index contributed by atoms with van der Waals surface area (Å²) in [5.41, 5.74) is 5.20. The van der Waals surface area contributed by atoms with E-state index in [1.165, 1.54) is 5.57 Å². The van der Waals surface area contributed by atoms with Gasteiger partial charge in [-0.25, -0.2) is 4.98 Å². The van der Waals surface area contributed by atoms with Gasteiger partial charge in [0.25, 0.3) is 5.56 Å². The first-order valence-electron chi connectivity index (χ1n) is 9.27. The standard InChI is InChI=1S/C22H23N3O3/c1-14-9-17(16-5-4-8-23-12-16)13-25-21(26)11-18(24-22(14)25)15-6-7-19(27-2)20(10-15)28-3/h5-7,9-11,13,23H,4,8,12H2,1-3H3. The van der Waals surface area contributed by atoms with Crippen molar-refractivity contribution in [3.05, 3.63) is 64.1 Å². The molecule has 3 aromatic rings. The highest BCUT2D eigenvalue weighted by molar-refractivity contribution is 5.71. The number of ether oxygens (including phenoxy) is 2. The van der Waals surface area contributed by atoms with Crippen LogP contribution in [0.5, 0.6) is 11.5 Å². The Balaban J connectivity index is 1.84. The summed E-state index contributed by atoms with van der Waals surface area (Å²) in [6.45, 7) is 3.80. The van der Waals surface area contributed by atoms with Crippen LogP contribution < -0.4 is 20.3 Å². The molecule has 4 rings (SSSR count). The number of aromatic nitrogens is 2. The van der Waals surface area contributed by atoms with Gasteiger partial charge in [0.1, 0.15) is 5.65 Å². The van der Waals surface area contributed by atoms with E-state index in [1.54, 1.807) is 24.7 Å². The van der Waals surface area contributed by atoms with Gasteiger partial charge in [-0.1, -0.05) is 6.08 Å². The van der Waals surface area contributed by atoms with Gasteiger partial charge in [-0.2, -0.15) is 0 Å². The molecule has 0 aliphatic carbocycles. The van der Waals surface area contributed by atoms with Crippen LogP contribution in [0.2, 0.25) is 0 Å². The molecule has 3 heterocycles. The van der Waals surface area contributed by atoms with Crippen molar-refractivity contribution in [3.63, 3.8) is 0 Å². The second-order valence-corrected chi connectivity index (χ2v) is 6.85. The summed E-state index contributed by atoms with van der Waals surface area (Å²) in [7, 11) is 3.18. The van der Waals surface area contributed by atoms with Crippen molar-refractivity contribution in [3.8, 4) is 22.8 Å². The minimum Gasteiger partial charge on any atom is -0.493 e. The van der Waals surface area contributed by atoms with Gasteiger partial charge in [-0.15, -0.1) is 0 Å². The normalized spacial score (nSPS) is 14.0. The van der Waals surface area contributed by atoms with Crippen molar-refractivity contribution < 1.29 is 9.47 Å². The highest BCUT2D eigenvalue weighted by Crippen LogP contribution is 2.31. The first-order chi connectivity index (χ1) is 13.6. The molecule has 2 aromatic heterocycles. The zero-order chi connectivity index (χ0) is 19.7. The van der Waals surface area contributed by atoms with Crippen LogP contribution in [0.4, 0.5) is 0 Å². The van der Waals surface area contributed by atoms with E-state index in [4.69, 9.17) is 14.5 Å². The Morgan fingerprint density at radius 2 is 1.89 bits per heavy atom. The van der Waals surface area contributed by atoms with Crippen LogP contribution in [-0.2, 0) is 0 Å². The van der Waals surface area contributed by atoms with Crippen molar-refractivity contribution in [2.45, 2.75) is 13.3 Å². The molecule has 0 radical (unpaired) electrons. The van der Waals surface area contributed by atoms with E-state index in [1.807, 2.05) is 31.3 Å². The first kappa shape index (κ1) is 18.3. The van der Waals surface area contributed by atoms with Crippen molar-refractivity contribution >= 4 is 11.2 Å². The van der Waals surface area contributed by atoms with Gasteiger partial charge in [0.2, 0.25) is 0 Å². The number of hydrogen-bond acceptors (Lipinski definition) is 5. The molecule has 0 saturated carbocycles. The first-order valence-corrected chi connectivity index (χ1v) is 9.27. The maximum Gasteiger partial charge on any atom is 0.258 e. The number of fused-ring (bicyclic) bond motifs is 1. The van der Waals surface area contributed by atoms with Crippen LogP contribution in [-0.4, -0.2) is 36.7 Å². The number of aryl methyl sites for hydroxylation is 1. The predicted octanol–water partition coefficient (Wildman–Crippen LogP) is 3.06. The molecule has 1 aromatic carbocycles. The lowest BCUT2D eigenvalue weighted by Gasteiger charge is -2.16. The van der Waals surface area contributed by atoms with Gasteiger partial charge in [0.05, 0.1) is 19.9 Å². The number of hydrogen-bond donors (Lipinski definition) is 1. The van der Waals surface area contributed by atoms with Crippen LogP contribution >= 0.6 is 0 Å². The molecule has 1 aliphatic heterocycles. The molecule has 0 atom stereocenters. The number of nitrogens with zero attached hydrogens (tertiary/aromatic N) is 2. The molecule has 0 unspecified atom stereocenters. The van der Waals surface area contributed by atoms with Gasteiger partial charge in [0, 0.05) is 24.4 Å². The van der Waals surface area contributed by atoms with Gasteiger partial charge in [-0.05, 0) is 60.9 Å². The molecular weight excluding hydrogens is 354 g/mol. The summed E-state index contributed by atoms with van der Waals surface area (Å²) in [4.78, 5) is 17.6. The molecule has 0 bridgehead atoms. The molecule has 1 N–H and O–H groups in total. The number of pyridine rings is 1. The van der Waals surface area contributed by atoms with Crippen LogP contribution in [0.25, 0.3) is 22.5 Å². The number of rotatable bonds is 4. The summed E-state index contributed by atoms with van der Waals surface area (Å²) in [5, 5.41) is 3.37. The average Bonchev–Trinajstić information content (AvgIpc) is 2.74. The topological polar surface area (TPSA) is 64.9 Å². The van der Waals surface area contributed by atoms with E-state index in [2.05, 4.69) is 17.5 Å². The summed E-state index contributed by atoms with van der Waals surface area (Å²) in [6, 6.07) is 9.18. The molecule has 1 aliphatic rings. The fourth-order valence-corrected chi connectivity index (χ4v) is 3.55. The molecule has 0 spiro atoms. The van der Waals surface area contributed by atoms with Gasteiger partial charge in [-0.3, -0.25) is 9.20 Å². The fourth-order valence-electron chi connectivity index (χ4n) is 3.55. The maximum atomic E-state index is 12.9.